The Labute approximate surface area is 163 Å². The van der Waals surface area contributed by atoms with Gasteiger partial charge < -0.3 is 14.0 Å². The van der Waals surface area contributed by atoms with E-state index in [1.165, 1.54) is 0 Å². The van der Waals surface area contributed by atoms with Crippen molar-refractivity contribution in [1.82, 2.24) is 9.38 Å². The zero-order valence-electron chi connectivity index (χ0n) is 15.7. The summed E-state index contributed by atoms with van der Waals surface area (Å²) in [6, 6.07) is 22.8. The van der Waals surface area contributed by atoms with Crippen LogP contribution >= 0.6 is 0 Å². The molecule has 0 aliphatic carbocycles. The number of benzene rings is 2. The number of hydrogen-bond acceptors (Lipinski definition) is 3. The molecule has 2 heterocycles. The summed E-state index contributed by atoms with van der Waals surface area (Å²) in [6.45, 7) is 2.95. The first-order chi connectivity index (χ1) is 13.8. The van der Waals surface area contributed by atoms with Crippen molar-refractivity contribution in [1.29, 1.82) is 0 Å². The zero-order valence-corrected chi connectivity index (χ0v) is 15.7. The van der Waals surface area contributed by atoms with Gasteiger partial charge >= 0.3 is 0 Å². The number of pyridine rings is 1. The highest BCUT2D eigenvalue weighted by molar-refractivity contribution is 6.06. The van der Waals surface area contributed by atoms with E-state index in [1.807, 2.05) is 84.4 Å². The van der Waals surface area contributed by atoms with E-state index >= 15 is 0 Å². The van der Waals surface area contributed by atoms with Crippen LogP contribution in [0, 0.1) is 0 Å². The van der Waals surface area contributed by atoms with Crippen molar-refractivity contribution in [3.8, 4) is 5.75 Å². The molecule has 1 amide bonds. The van der Waals surface area contributed by atoms with Crippen LogP contribution in [0.3, 0.4) is 0 Å². The van der Waals surface area contributed by atoms with Gasteiger partial charge in [-0.1, -0.05) is 24.3 Å². The third-order valence-corrected chi connectivity index (χ3v) is 4.54. The van der Waals surface area contributed by atoms with Crippen LogP contribution in [0.4, 0.5) is 5.69 Å². The Morgan fingerprint density at radius 1 is 1.00 bits per heavy atom. The van der Waals surface area contributed by atoms with Gasteiger partial charge in [0.25, 0.3) is 5.91 Å². The van der Waals surface area contributed by atoms with Gasteiger partial charge in [-0.05, 0) is 55.5 Å². The highest BCUT2D eigenvalue weighted by Gasteiger charge is 2.19. The van der Waals surface area contributed by atoms with Crippen molar-refractivity contribution in [2.75, 3.05) is 11.5 Å². The molecule has 5 nitrogen and oxygen atoms in total. The van der Waals surface area contributed by atoms with Gasteiger partial charge in [0.2, 0.25) is 0 Å². The molecule has 0 N–H and O–H groups in total. The minimum Gasteiger partial charge on any atom is -0.494 e. The van der Waals surface area contributed by atoms with Gasteiger partial charge in [0.05, 0.1) is 25.0 Å². The lowest BCUT2D eigenvalue weighted by Gasteiger charge is -2.23. The lowest BCUT2D eigenvalue weighted by Crippen LogP contribution is -2.30. The summed E-state index contributed by atoms with van der Waals surface area (Å²) in [5, 5.41) is 0. The van der Waals surface area contributed by atoms with Gasteiger partial charge in [-0.3, -0.25) is 4.79 Å². The van der Waals surface area contributed by atoms with Crippen molar-refractivity contribution in [2.24, 2.45) is 0 Å². The molecule has 0 saturated carbocycles. The summed E-state index contributed by atoms with van der Waals surface area (Å²) in [7, 11) is 0. The number of aromatic nitrogens is 2. The molecule has 4 aromatic rings. The van der Waals surface area contributed by atoms with Crippen molar-refractivity contribution in [3.63, 3.8) is 0 Å². The second-order valence-corrected chi connectivity index (χ2v) is 6.36. The summed E-state index contributed by atoms with van der Waals surface area (Å²) < 4.78 is 7.48. The van der Waals surface area contributed by atoms with Crippen molar-refractivity contribution in [2.45, 2.75) is 13.5 Å². The van der Waals surface area contributed by atoms with E-state index in [-0.39, 0.29) is 5.91 Å². The molecule has 0 spiro atoms. The van der Waals surface area contributed by atoms with Gasteiger partial charge in [0.15, 0.2) is 0 Å². The number of para-hydroxylation sites is 1. The molecule has 28 heavy (non-hydrogen) atoms. The Kier molecular flexibility index (Phi) is 5.06. The quantitative estimate of drug-likeness (QED) is 0.498. The highest BCUT2D eigenvalue weighted by Crippen LogP contribution is 2.22. The van der Waals surface area contributed by atoms with Crippen molar-refractivity contribution in [3.05, 3.63) is 96.4 Å². The van der Waals surface area contributed by atoms with Gasteiger partial charge in [-0.15, -0.1) is 0 Å². The van der Waals surface area contributed by atoms with Crippen LogP contribution in [0.5, 0.6) is 5.75 Å². The van der Waals surface area contributed by atoms with Crippen LogP contribution in [0.2, 0.25) is 0 Å². The molecule has 0 saturated heterocycles. The predicted octanol–water partition coefficient (Wildman–Crippen LogP) is 4.58. The second kappa shape index (κ2) is 7.96. The molecule has 0 fully saturated rings. The number of anilines is 1. The maximum Gasteiger partial charge on any atom is 0.258 e. The van der Waals surface area contributed by atoms with E-state index in [1.54, 1.807) is 17.0 Å². The molecule has 0 atom stereocenters. The number of ether oxygens (including phenoxy) is 1. The third-order valence-electron chi connectivity index (χ3n) is 4.54. The molecule has 140 valence electrons. The molecule has 0 aliphatic heterocycles. The topological polar surface area (TPSA) is 46.8 Å². The summed E-state index contributed by atoms with van der Waals surface area (Å²) >= 11 is 0. The van der Waals surface area contributed by atoms with Crippen molar-refractivity contribution >= 4 is 17.2 Å². The maximum atomic E-state index is 13.3. The predicted molar refractivity (Wildman–Crippen MR) is 110 cm³/mol. The monoisotopic (exact) mass is 371 g/mol. The second-order valence-electron chi connectivity index (χ2n) is 6.36. The smallest absolute Gasteiger partial charge is 0.258 e. The summed E-state index contributed by atoms with van der Waals surface area (Å²) in [5.74, 6) is 0.687. The maximum absolute atomic E-state index is 13.3. The summed E-state index contributed by atoms with van der Waals surface area (Å²) in [4.78, 5) is 19.5. The molecule has 4 rings (SSSR count). The number of imidazole rings is 1. The Morgan fingerprint density at radius 2 is 1.75 bits per heavy atom. The molecule has 2 aromatic heterocycles. The lowest BCUT2D eigenvalue weighted by atomic mass is 10.1. The lowest BCUT2D eigenvalue weighted by molar-refractivity contribution is 0.0984. The Balaban J connectivity index is 1.68. The van der Waals surface area contributed by atoms with E-state index in [0.717, 1.165) is 22.8 Å². The van der Waals surface area contributed by atoms with Gasteiger partial charge in [-0.25, -0.2) is 4.98 Å². The number of fused-ring (bicyclic) bond motifs is 1. The normalized spacial score (nSPS) is 10.8. The van der Waals surface area contributed by atoms with E-state index < -0.39 is 0 Å². The van der Waals surface area contributed by atoms with Crippen LogP contribution in [0.1, 0.15) is 23.0 Å². The Bertz CT molecular complexity index is 1070. The van der Waals surface area contributed by atoms with Crippen LogP contribution in [0.15, 0.2) is 85.2 Å². The van der Waals surface area contributed by atoms with Gasteiger partial charge in [-0.2, -0.15) is 0 Å². The van der Waals surface area contributed by atoms with Gasteiger partial charge in [0.1, 0.15) is 11.4 Å². The average Bonchev–Trinajstić information content (AvgIpc) is 3.16. The van der Waals surface area contributed by atoms with Crippen molar-refractivity contribution < 1.29 is 9.53 Å². The Hall–Kier alpha value is -3.60. The molecule has 5 heteroatoms. The SMILES string of the molecule is CCOc1ccc(C(=O)N(Cc2cnc3ccccn23)c2ccccc2)cc1. The molecule has 0 unspecified atom stereocenters. The average molecular weight is 371 g/mol. The number of carbonyl (C=O) groups excluding carboxylic acids is 1. The largest absolute Gasteiger partial charge is 0.494 e. The minimum absolute atomic E-state index is 0.0693. The molecular formula is C23H21N3O2. The number of rotatable bonds is 6. The van der Waals surface area contributed by atoms with Crippen LogP contribution < -0.4 is 9.64 Å². The molecule has 0 bridgehead atoms. The molecule has 0 aliphatic rings. The van der Waals surface area contributed by atoms with Crippen LogP contribution in [0.25, 0.3) is 5.65 Å². The van der Waals surface area contributed by atoms with E-state index in [0.29, 0.717) is 18.7 Å². The van der Waals surface area contributed by atoms with Crippen LogP contribution in [-0.2, 0) is 6.54 Å². The Morgan fingerprint density at radius 3 is 2.50 bits per heavy atom. The highest BCUT2D eigenvalue weighted by atomic mass is 16.5. The fraction of sp³-hybridized carbons (Fsp3) is 0.130. The zero-order chi connectivity index (χ0) is 19.3. The number of hydrogen-bond donors (Lipinski definition) is 0. The molecular weight excluding hydrogens is 350 g/mol. The first-order valence-corrected chi connectivity index (χ1v) is 9.27. The molecule has 0 radical (unpaired) electrons. The fourth-order valence-electron chi connectivity index (χ4n) is 3.17. The van der Waals surface area contributed by atoms with E-state index in [4.69, 9.17) is 4.74 Å². The fourth-order valence-corrected chi connectivity index (χ4v) is 3.17. The number of nitrogens with zero attached hydrogens (tertiary/aromatic N) is 3. The van der Waals surface area contributed by atoms with Gasteiger partial charge in [0, 0.05) is 17.4 Å². The number of amides is 1. The van der Waals surface area contributed by atoms with E-state index in [2.05, 4.69) is 4.98 Å². The third kappa shape index (κ3) is 3.60. The first-order valence-electron chi connectivity index (χ1n) is 9.27. The summed E-state index contributed by atoms with van der Waals surface area (Å²) in [5.41, 5.74) is 3.26. The van der Waals surface area contributed by atoms with E-state index in [9.17, 15) is 4.79 Å². The molecule has 2 aromatic carbocycles. The number of carbonyl (C=O) groups is 1. The standard InChI is InChI=1S/C23H21N3O2/c1-2-28-21-13-11-18(12-14-21)23(27)26(19-8-4-3-5-9-19)17-20-16-24-22-10-6-7-15-25(20)22/h3-16H,2,17H2,1H3. The summed E-state index contributed by atoms with van der Waals surface area (Å²) in [6.07, 6.45) is 3.78. The van der Waals surface area contributed by atoms with Crippen LogP contribution in [-0.4, -0.2) is 21.9 Å². The minimum atomic E-state index is -0.0693. The first kappa shape index (κ1) is 17.8.